The van der Waals surface area contributed by atoms with E-state index in [1.165, 1.54) is 29.2 Å². The van der Waals surface area contributed by atoms with Crippen molar-refractivity contribution in [2.45, 2.75) is 19.8 Å². The van der Waals surface area contributed by atoms with Crippen LogP contribution in [0.2, 0.25) is 0 Å². The number of hydrogen-bond donors (Lipinski definition) is 0. The number of rotatable bonds is 1. The molecule has 0 nitrogen and oxygen atoms in total. The first-order chi connectivity index (χ1) is 9.83. The molecule has 0 bridgehead atoms. The van der Waals surface area contributed by atoms with E-state index in [9.17, 15) is 0 Å². The minimum Gasteiger partial charge on any atom is -0.0808 e. The van der Waals surface area contributed by atoms with Crippen molar-refractivity contribution in [1.82, 2.24) is 0 Å². The lowest BCUT2D eigenvalue weighted by Crippen LogP contribution is -2.10. The monoisotopic (exact) mass is 260 g/mol. The van der Waals surface area contributed by atoms with Crippen molar-refractivity contribution < 1.29 is 0 Å². The molecule has 1 saturated carbocycles. The minimum absolute atomic E-state index is 0.723. The van der Waals surface area contributed by atoms with Gasteiger partial charge in [-0.1, -0.05) is 67.6 Å². The maximum Gasteiger partial charge on any atom is -0.00901 e. The van der Waals surface area contributed by atoms with E-state index in [-0.39, 0.29) is 0 Å². The summed E-state index contributed by atoms with van der Waals surface area (Å²) in [6, 6.07) is 15.5. The summed E-state index contributed by atoms with van der Waals surface area (Å²) in [5.74, 6) is 2.33. The molecule has 0 N–H and O–H groups in total. The second kappa shape index (κ2) is 4.63. The maximum atomic E-state index is 2.42. The SMILES string of the molecule is CC1CC2C=CC=C(c3cccc4ccccc34)C2C1. The lowest BCUT2D eigenvalue weighted by Gasteiger charge is -2.24. The molecule has 2 aromatic rings. The molecule has 1 fully saturated rings. The maximum absolute atomic E-state index is 2.42. The molecule has 2 aliphatic carbocycles. The fraction of sp³-hybridized carbons (Fsp3) is 0.300. The third kappa shape index (κ3) is 1.83. The fourth-order valence-electron chi connectivity index (χ4n) is 4.10. The average Bonchev–Trinajstić information content (AvgIpc) is 2.87. The lowest BCUT2D eigenvalue weighted by molar-refractivity contribution is 0.568. The van der Waals surface area contributed by atoms with E-state index >= 15 is 0 Å². The van der Waals surface area contributed by atoms with Gasteiger partial charge in [0.2, 0.25) is 0 Å². The molecular weight excluding hydrogens is 240 g/mol. The number of benzene rings is 2. The van der Waals surface area contributed by atoms with Crippen LogP contribution in [0.3, 0.4) is 0 Å². The second-order valence-electron chi connectivity index (χ2n) is 6.38. The third-order valence-electron chi connectivity index (χ3n) is 4.98. The van der Waals surface area contributed by atoms with Crippen molar-refractivity contribution in [2.24, 2.45) is 17.8 Å². The third-order valence-corrected chi connectivity index (χ3v) is 4.98. The number of fused-ring (bicyclic) bond motifs is 2. The molecule has 0 saturated heterocycles. The van der Waals surface area contributed by atoms with Crippen LogP contribution in [0.25, 0.3) is 16.3 Å². The van der Waals surface area contributed by atoms with Gasteiger partial charge in [-0.2, -0.15) is 0 Å². The van der Waals surface area contributed by atoms with E-state index in [0.717, 1.165) is 17.8 Å². The highest BCUT2D eigenvalue weighted by Crippen LogP contribution is 2.47. The van der Waals surface area contributed by atoms with E-state index in [0.29, 0.717) is 0 Å². The molecule has 0 spiro atoms. The van der Waals surface area contributed by atoms with Gasteiger partial charge in [-0.15, -0.1) is 0 Å². The summed E-state index contributed by atoms with van der Waals surface area (Å²) in [6.07, 6.45) is 9.73. The van der Waals surface area contributed by atoms with Gasteiger partial charge in [-0.05, 0) is 52.5 Å². The molecule has 2 aliphatic rings. The molecule has 4 rings (SSSR count). The van der Waals surface area contributed by atoms with Crippen molar-refractivity contribution >= 4 is 16.3 Å². The number of hydrogen-bond acceptors (Lipinski definition) is 0. The van der Waals surface area contributed by atoms with Crippen molar-refractivity contribution in [1.29, 1.82) is 0 Å². The quantitative estimate of drug-likeness (QED) is 0.639. The van der Waals surface area contributed by atoms with E-state index in [1.54, 1.807) is 5.57 Å². The van der Waals surface area contributed by atoms with E-state index in [1.807, 2.05) is 0 Å². The zero-order valence-electron chi connectivity index (χ0n) is 11.9. The molecule has 2 aromatic carbocycles. The van der Waals surface area contributed by atoms with Crippen LogP contribution in [0.15, 0.2) is 60.7 Å². The van der Waals surface area contributed by atoms with Crippen molar-refractivity contribution in [2.75, 3.05) is 0 Å². The summed E-state index contributed by atoms with van der Waals surface area (Å²) in [5, 5.41) is 2.75. The zero-order valence-corrected chi connectivity index (χ0v) is 11.9. The zero-order chi connectivity index (χ0) is 13.5. The Morgan fingerprint density at radius 2 is 1.80 bits per heavy atom. The van der Waals surface area contributed by atoms with Crippen molar-refractivity contribution in [3.63, 3.8) is 0 Å². The average molecular weight is 260 g/mol. The van der Waals surface area contributed by atoms with Crippen LogP contribution in [-0.4, -0.2) is 0 Å². The Morgan fingerprint density at radius 1 is 0.950 bits per heavy atom. The first-order valence-corrected chi connectivity index (χ1v) is 7.69. The molecule has 0 amide bonds. The largest absolute Gasteiger partial charge is 0.0808 e. The van der Waals surface area contributed by atoms with Gasteiger partial charge in [-0.25, -0.2) is 0 Å². The molecule has 0 heterocycles. The predicted molar refractivity (Wildman–Crippen MR) is 86.4 cm³/mol. The standard InChI is InChI=1S/C20H20/c1-14-12-16-8-5-11-19(20(16)13-14)18-10-4-7-15-6-2-3-9-17(15)18/h2-11,14,16,20H,12-13H2,1H3. The summed E-state index contributed by atoms with van der Waals surface area (Å²) in [5.41, 5.74) is 3.00. The Hall–Kier alpha value is -1.82. The van der Waals surface area contributed by atoms with Crippen LogP contribution in [0.4, 0.5) is 0 Å². The summed E-state index contributed by atoms with van der Waals surface area (Å²) < 4.78 is 0. The minimum atomic E-state index is 0.723. The van der Waals surface area contributed by atoms with Gasteiger partial charge >= 0.3 is 0 Å². The van der Waals surface area contributed by atoms with Crippen LogP contribution in [0.5, 0.6) is 0 Å². The van der Waals surface area contributed by atoms with Crippen LogP contribution >= 0.6 is 0 Å². The molecule has 0 radical (unpaired) electrons. The number of allylic oxidation sites excluding steroid dienone is 4. The Morgan fingerprint density at radius 3 is 2.75 bits per heavy atom. The van der Waals surface area contributed by atoms with Crippen molar-refractivity contribution in [3.05, 3.63) is 66.3 Å². The van der Waals surface area contributed by atoms with Crippen LogP contribution in [-0.2, 0) is 0 Å². The van der Waals surface area contributed by atoms with Gasteiger partial charge in [0.25, 0.3) is 0 Å². The van der Waals surface area contributed by atoms with E-state index < -0.39 is 0 Å². The topological polar surface area (TPSA) is 0 Å². The van der Waals surface area contributed by atoms with Gasteiger partial charge in [-0.3, -0.25) is 0 Å². The summed E-state index contributed by atoms with van der Waals surface area (Å²) in [7, 11) is 0. The van der Waals surface area contributed by atoms with Gasteiger partial charge < -0.3 is 0 Å². The molecule has 0 heteroatoms. The highest BCUT2D eigenvalue weighted by Gasteiger charge is 2.34. The fourth-order valence-corrected chi connectivity index (χ4v) is 4.10. The first-order valence-electron chi connectivity index (χ1n) is 7.69. The molecule has 0 aliphatic heterocycles. The summed E-state index contributed by atoms with van der Waals surface area (Å²) in [4.78, 5) is 0. The summed E-state index contributed by atoms with van der Waals surface area (Å²) >= 11 is 0. The smallest absolute Gasteiger partial charge is 0.00901 e. The van der Waals surface area contributed by atoms with Crippen LogP contribution < -0.4 is 0 Å². The van der Waals surface area contributed by atoms with Gasteiger partial charge in [0.05, 0.1) is 0 Å². The molecule has 3 atom stereocenters. The first kappa shape index (κ1) is 12.0. The summed E-state index contributed by atoms with van der Waals surface area (Å²) in [6.45, 7) is 2.40. The van der Waals surface area contributed by atoms with Gasteiger partial charge in [0, 0.05) is 0 Å². The normalized spacial score (nSPS) is 28.4. The molecular formula is C20H20. The molecule has 100 valence electrons. The Labute approximate surface area is 120 Å². The van der Waals surface area contributed by atoms with Gasteiger partial charge in [0.1, 0.15) is 0 Å². The highest BCUT2D eigenvalue weighted by molar-refractivity contribution is 5.94. The molecule has 0 aromatic heterocycles. The predicted octanol–water partition coefficient (Wildman–Crippen LogP) is 5.46. The van der Waals surface area contributed by atoms with Crippen LogP contribution in [0, 0.1) is 17.8 Å². The molecule has 3 unspecified atom stereocenters. The van der Waals surface area contributed by atoms with Gasteiger partial charge in [0.15, 0.2) is 0 Å². The Kier molecular flexibility index (Phi) is 2.77. The van der Waals surface area contributed by atoms with Crippen molar-refractivity contribution in [3.8, 4) is 0 Å². The highest BCUT2D eigenvalue weighted by atomic mass is 14.4. The van der Waals surface area contributed by atoms with E-state index in [4.69, 9.17) is 0 Å². The van der Waals surface area contributed by atoms with E-state index in [2.05, 4.69) is 67.6 Å². The molecule has 20 heavy (non-hydrogen) atoms. The lowest BCUT2D eigenvalue weighted by atomic mass is 9.80. The Balaban J connectivity index is 1.87. The van der Waals surface area contributed by atoms with Crippen LogP contribution in [0.1, 0.15) is 25.3 Å². The Bertz CT molecular complexity index is 700. The second-order valence-corrected chi connectivity index (χ2v) is 6.38.